The molecule has 0 aliphatic carbocycles. The maximum atomic E-state index is 11.2. The molecule has 2 rings (SSSR count). The molecule has 0 aromatic carbocycles. The highest BCUT2D eigenvalue weighted by molar-refractivity contribution is 5.77. The molecule has 0 fully saturated rings. The van der Waals surface area contributed by atoms with Crippen LogP contribution in [0.4, 0.5) is 17.5 Å². The molecule has 0 spiro atoms. The van der Waals surface area contributed by atoms with Crippen LogP contribution >= 0.6 is 0 Å². The molecule has 0 unspecified atom stereocenters. The highest BCUT2D eigenvalue weighted by Crippen LogP contribution is 2.12. The van der Waals surface area contributed by atoms with Gasteiger partial charge in [0, 0.05) is 26.4 Å². The molecule has 2 aromatic rings. The second-order valence-corrected chi connectivity index (χ2v) is 4.86. The Kier molecular flexibility index (Phi) is 6.25. The summed E-state index contributed by atoms with van der Waals surface area (Å²) in [6.45, 7) is 3.08. The summed E-state index contributed by atoms with van der Waals surface area (Å²) in [5.74, 6) is 1.81. The molecule has 0 bridgehead atoms. The van der Waals surface area contributed by atoms with Gasteiger partial charge in [-0.25, -0.2) is 4.98 Å². The summed E-state index contributed by atoms with van der Waals surface area (Å²) >= 11 is 0. The van der Waals surface area contributed by atoms with Crippen molar-refractivity contribution in [2.45, 2.75) is 6.92 Å². The molecule has 0 saturated heterocycles. The number of amides is 1. The van der Waals surface area contributed by atoms with Crippen molar-refractivity contribution in [2.75, 3.05) is 37.4 Å². The van der Waals surface area contributed by atoms with Gasteiger partial charge in [0.1, 0.15) is 18.2 Å². The minimum atomic E-state index is -0.148. The topological polar surface area (TPSA) is 101 Å². The summed E-state index contributed by atoms with van der Waals surface area (Å²) < 4.78 is 4.72. The predicted octanol–water partition coefficient (Wildman–Crippen LogP) is 1.10. The molecular formula is C15H20N6O2. The predicted molar refractivity (Wildman–Crippen MR) is 87.7 cm³/mol. The molecule has 0 saturated carbocycles. The van der Waals surface area contributed by atoms with E-state index < -0.39 is 0 Å². The van der Waals surface area contributed by atoms with Crippen molar-refractivity contribution >= 4 is 23.4 Å². The zero-order valence-electron chi connectivity index (χ0n) is 13.2. The quantitative estimate of drug-likeness (QED) is 0.627. The number of carbonyl (C=O) groups excluding carboxylic acids is 1. The fourth-order valence-electron chi connectivity index (χ4n) is 1.74. The lowest BCUT2D eigenvalue weighted by Gasteiger charge is -2.08. The van der Waals surface area contributed by atoms with Crippen LogP contribution in [0.3, 0.4) is 0 Å². The van der Waals surface area contributed by atoms with Crippen molar-refractivity contribution in [3.8, 4) is 0 Å². The lowest BCUT2D eigenvalue weighted by Crippen LogP contribution is -2.31. The number of nitrogens with one attached hydrogen (secondary N) is 3. The normalized spacial score (nSPS) is 10.2. The number of aryl methyl sites for hydroxylation is 1. The Morgan fingerprint density at radius 1 is 1.09 bits per heavy atom. The Morgan fingerprint density at radius 3 is 2.48 bits per heavy atom. The number of rotatable bonds is 8. The van der Waals surface area contributed by atoms with Gasteiger partial charge in [-0.2, -0.15) is 0 Å². The Balaban J connectivity index is 1.76. The molecule has 8 heteroatoms. The third-order valence-electron chi connectivity index (χ3n) is 2.86. The van der Waals surface area contributed by atoms with E-state index in [2.05, 4.69) is 31.1 Å². The first-order valence-corrected chi connectivity index (χ1v) is 7.20. The van der Waals surface area contributed by atoms with Crippen LogP contribution in [-0.4, -0.2) is 47.9 Å². The van der Waals surface area contributed by atoms with Gasteiger partial charge in [-0.15, -0.1) is 10.2 Å². The fraction of sp³-hybridized carbons (Fsp3) is 0.333. The van der Waals surface area contributed by atoms with Gasteiger partial charge in [-0.3, -0.25) is 4.79 Å². The summed E-state index contributed by atoms with van der Waals surface area (Å²) in [7, 11) is 1.48. The number of hydrogen-bond donors (Lipinski definition) is 3. The van der Waals surface area contributed by atoms with Crippen molar-refractivity contribution in [3.05, 3.63) is 36.0 Å². The van der Waals surface area contributed by atoms with E-state index in [0.717, 1.165) is 5.56 Å². The van der Waals surface area contributed by atoms with Crippen LogP contribution < -0.4 is 16.0 Å². The van der Waals surface area contributed by atoms with E-state index in [1.165, 1.54) is 7.11 Å². The van der Waals surface area contributed by atoms with Crippen LogP contribution in [0.1, 0.15) is 5.56 Å². The Bertz CT molecular complexity index is 615. The number of aromatic nitrogens is 3. The molecule has 2 aromatic heterocycles. The zero-order valence-corrected chi connectivity index (χ0v) is 13.2. The van der Waals surface area contributed by atoms with Crippen molar-refractivity contribution in [2.24, 2.45) is 0 Å². The van der Waals surface area contributed by atoms with E-state index >= 15 is 0 Å². The van der Waals surface area contributed by atoms with Gasteiger partial charge < -0.3 is 20.7 Å². The fourth-order valence-corrected chi connectivity index (χ4v) is 1.74. The SMILES string of the molecule is COCC(=O)NCCNc1ccc(Nc2ccc(C)cn2)nn1. The van der Waals surface area contributed by atoms with Gasteiger partial charge in [-0.05, 0) is 30.7 Å². The van der Waals surface area contributed by atoms with Gasteiger partial charge in [0.2, 0.25) is 5.91 Å². The third kappa shape index (κ3) is 5.87. The number of methoxy groups -OCH3 is 1. The van der Waals surface area contributed by atoms with Crippen molar-refractivity contribution in [3.63, 3.8) is 0 Å². The molecule has 0 aliphatic rings. The average Bonchev–Trinajstić information content (AvgIpc) is 2.55. The van der Waals surface area contributed by atoms with Gasteiger partial charge in [-0.1, -0.05) is 6.07 Å². The van der Waals surface area contributed by atoms with E-state index in [0.29, 0.717) is 30.5 Å². The molecule has 0 radical (unpaired) electrons. The van der Waals surface area contributed by atoms with Crippen molar-refractivity contribution in [1.82, 2.24) is 20.5 Å². The van der Waals surface area contributed by atoms with Crippen molar-refractivity contribution in [1.29, 1.82) is 0 Å². The minimum absolute atomic E-state index is 0.0627. The van der Waals surface area contributed by atoms with Crippen LogP contribution in [-0.2, 0) is 9.53 Å². The number of ether oxygens (including phenoxy) is 1. The monoisotopic (exact) mass is 316 g/mol. The molecule has 0 aliphatic heterocycles. The van der Waals surface area contributed by atoms with Gasteiger partial charge in [0.15, 0.2) is 5.82 Å². The number of pyridine rings is 1. The first-order valence-electron chi connectivity index (χ1n) is 7.20. The Morgan fingerprint density at radius 2 is 1.83 bits per heavy atom. The molecule has 122 valence electrons. The molecule has 23 heavy (non-hydrogen) atoms. The highest BCUT2D eigenvalue weighted by Gasteiger charge is 2.01. The largest absolute Gasteiger partial charge is 0.375 e. The third-order valence-corrected chi connectivity index (χ3v) is 2.86. The smallest absolute Gasteiger partial charge is 0.246 e. The molecule has 1 amide bonds. The molecular weight excluding hydrogens is 296 g/mol. The Hall–Kier alpha value is -2.74. The molecule has 0 atom stereocenters. The standard InChI is InChI=1S/C15H20N6O2/c1-11-3-4-12(18-9-11)19-14-6-5-13(20-21-14)16-7-8-17-15(22)10-23-2/h3-6,9H,7-8,10H2,1-2H3,(H,16,20)(H,17,22)(H,18,19,21). The summed E-state index contributed by atoms with van der Waals surface area (Å²) in [6.07, 6.45) is 1.78. The molecule has 3 N–H and O–H groups in total. The second-order valence-electron chi connectivity index (χ2n) is 4.86. The molecule has 2 heterocycles. The van der Waals surface area contributed by atoms with Gasteiger partial charge in [0.25, 0.3) is 0 Å². The van der Waals surface area contributed by atoms with Gasteiger partial charge in [0.05, 0.1) is 0 Å². The Labute approximate surface area is 134 Å². The van der Waals surface area contributed by atoms with Crippen LogP contribution in [0.15, 0.2) is 30.5 Å². The molecule has 8 nitrogen and oxygen atoms in total. The van der Waals surface area contributed by atoms with Crippen LogP contribution in [0.2, 0.25) is 0 Å². The first-order chi connectivity index (χ1) is 11.2. The van der Waals surface area contributed by atoms with Crippen molar-refractivity contribution < 1.29 is 9.53 Å². The number of carbonyl (C=O) groups is 1. The van der Waals surface area contributed by atoms with E-state index in [1.807, 2.05) is 19.1 Å². The lowest BCUT2D eigenvalue weighted by molar-refractivity contribution is -0.124. The second kappa shape index (κ2) is 8.64. The zero-order chi connectivity index (χ0) is 16.5. The van der Waals surface area contributed by atoms with E-state index in [4.69, 9.17) is 4.74 Å². The van der Waals surface area contributed by atoms with Gasteiger partial charge >= 0.3 is 0 Å². The first kappa shape index (κ1) is 16.6. The summed E-state index contributed by atoms with van der Waals surface area (Å²) in [4.78, 5) is 15.4. The minimum Gasteiger partial charge on any atom is -0.375 e. The number of anilines is 3. The van der Waals surface area contributed by atoms with Crippen LogP contribution in [0.25, 0.3) is 0 Å². The van der Waals surface area contributed by atoms with E-state index in [1.54, 1.807) is 18.3 Å². The summed E-state index contributed by atoms with van der Waals surface area (Å²) in [5, 5.41) is 17.0. The summed E-state index contributed by atoms with van der Waals surface area (Å²) in [5.41, 5.74) is 1.10. The maximum absolute atomic E-state index is 11.2. The lowest BCUT2D eigenvalue weighted by atomic mass is 10.3. The van der Waals surface area contributed by atoms with Crippen LogP contribution in [0.5, 0.6) is 0 Å². The van der Waals surface area contributed by atoms with Crippen LogP contribution in [0, 0.1) is 6.92 Å². The number of nitrogens with zero attached hydrogens (tertiary/aromatic N) is 3. The summed E-state index contributed by atoms with van der Waals surface area (Å²) in [6, 6.07) is 7.46. The maximum Gasteiger partial charge on any atom is 0.246 e. The average molecular weight is 316 g/mol. The number of hydrogen-bond acceptors (Lipinski definition) is 7. The highest BCUT2D eigenvalue weighted by atomic mass is 16.5. The van der Waals surface area contributed by atoms with E-state index in [9.17, 15) is 4.79 Å². The van der Waals surface area contributed by atoms with E-state index in [-0.39, 0.29) is 12.5 Å².